The maximum atomic E-state index is 12.1. The van der Waals surface area contributed by atoms with Gasteiger partial charge in [-0.25, -0.2) is 0 Å². The first-order chi connectivity index (χ1) is 10.1. The van der Waals surface area contributed by atoms with E-state index in [0.29, 0.717) is 35.3 Å². The van der Waals surface area contributed by atoms with Crippen LogP contribution in [0, 0.1) is 0 Å². The predicted octanol–water partition coefficient (Wildman–Crippen LogP) is 3.46. The largest absolute Gasteiger partial charge is 0.397 e. The van der Waals surface area contributed by atoms with Crippen LogP contribution in [0.2, 0.25) is 5.02 Å². The van der Waals surface area contributed by atoms with Crippen molar-refractivity contribution in [2.45, 2.75) is 6.42 Å². The van der Waals surface area contributed by atoms with Crippen molar-refractivity contribution in [3.8, 4) is 0 Å². The van der Waals surface area contributed by atoms with E-state index in [0.717, 1.165) is 16.5 Å². The molecule has 0 unspecified atom stereocenters. The summed E-state index contributed by atoms with van der Waals surface area (Å²) in [5, 5.41) is 4.29. The van der Waals surface area contributed by atoms with Crippen LogP contribution in [0.5, 0.6) is 0 Å². The number of benzene rings is 1. The Labute approximate surface area is 132 Å². The second-order valence-electron chi connectivity index (χ2n) is 4.43. The van der Waals surface area contributed by atoms with E-state index in [4.69, 9.17) is 22.1 Å². The molecule has 0 radical (unpaired) electrons. The first-order valence-corrected chi connectivity index (χ1v) is 7.77. The molecule has 3 N–H and O–H groups in total. The monoisotopic (exact) mass is 324 g/mol. The van der Waals surface area contributed by atoms with Gasteiger partial charge in [-0.05, 0) is 24.6 Å². The van der Waals surface area contributed by atoms with E-state index in [1.807, 2.05) is 12.1 Å². The Morgan fingerprint density at radius 1 is 1.48 bits per heavy atom. The van der Waals surface area contributed by atoms with Gasteiger partial charge in [-0.3, -0.25) is 4.79 Å². The zero-order valence-corrected chi connectivity index (χ0v) is 13.1. The summed E-state index contributed by atoms with van der Waals surface area (Å²) in [7, 11) is 0. The first kappa shape index (κ1) is 15.8. The molecule has 1 aromatic carbocycles. The Morgan fingerprint density at radius 3 is 3.05 bits per heavy atom. The number of carbonyl (C=O) groups is 1. The number of thiophene rings is 1. The Hall–Kier alpha value is -1.56. The number of anilines is 1. The molecule has 0 aliphatic heterocycles. The van der Waals surface area contributed by atoms with Crippen LogP contribution in [0.25, 0.3) is 10.1 Å². The third-order valence-electron chi connectivity index (χ3n) is 2.89. The Morgan fingerprint density at radius 2 is 2.29 bits per heavy atom. The molecule has 1 heterocycles. The molecular formula is C15H17ClN2O2S. The van der Waals surface area contributed by atoms with Crippen LogP contribution >= 0.6 is 22.9 Å². The van der Waals surface area contributed by atoms with Gasteiger partial charge in [0.15, 0.2) is 0 Å². The van der Waals surface area contributed by atoms with Gasteiger partial charge in [0.1, 0.15) is 4.88 Å². The van der Waals surface area contributed by atoms with Crippen LogP contribution in [-0.4, -0.2) is 25.7 Å². The van der Waals surface area contributed by atoms with Crippen molar-refractivity contribution in [1.82, 2.24) is 5.32 Å². The van der Waals surface area contributed by atoms with Gasteiger partial charge in [-0.15, -0.1) is 17.9 Å². The quantitative estimate of drug-likeness (QED) is 0.605. The fraction of sp³-hybridized carbons (Fsp3) is 0.267. The number of hydrogen-bond donors (Lipinski definition) is 2. The molecular weight excluding hydrogens is 308 g/mol. The number of nitrogens with two attached hydrogens (primary N) is 1. The van der Waals surface area contributed by atoms with E-state index in [9.17, 15) is 4.79 Å². The zero-order chi connectivity index (χ0) is 15.2. The highest BCUT2D eigenvalue weighted by Crippen LogP contribution is 2.35. The molecule has 2 aromatic rings. The zero-order valence-electron chi connectivity index (χ0n) is 11.5. The lowest BCUT2D eigenvalue weighted by atomic mass is 10.2. The lowest BCUT2D eigenvalue weighted by molar-refractivity contribution is 0.0922. The minimum Gasteiger partial charge on any atom is -0.397 e. The lowest BCUT2D eigenvalue weighted by Crippen LogP contribution is -2.27. The summed E-state index contributed by atoms with van der Waals surface area (Å²) in [6.45, 7) is 5.14. The smallest absolute Gasteiger partial charge is 0.263 e. The van der Waals surface area contributed by atoms with Crippen molar-refractivity contribution in [3.63, 3.8) is 0 Å². The number of amides is 1. The second-order valence-corrected chi connectivity index (χ2v) is 5.92. The summed E-state index contributed by atoms with van der Waals surface area (Å²) < 4.78 is 6.24. The Bertz CT molecular complexity index is 654. The summed E-state index contributed by atoms with van der Waals surface area (Å²) in [5.41, 5.74) is 6.52. The number of nitrogen functional groups attached to an aromatic ring is 1. The molecule has 0 aliphatic rings. The molecule has 1 aromatic heterocycles. The molecule has 0 saturated heterocycles. The van der Waals surface area contributed by atoms with Crippen molar-refractivity contribution in [2.24, 2.45) is 0 Å². The lowest BCUT2D eigenvalue weighted by Gasteiger charge is -2.05. The summed E-state index contributed by atoms with van der Waals surface area (Å²) >= 11 is 7.29. The van der Waals surface area contributed by atoms with Crippen LogP contribution in [0.3, 0.4) is 0 Å². The average molecular weight is 325 g/mol. The first-order valence-electron chi connectivity index (χ1n) is 6.58. The normalized spacial score (nSPS) is 10.7. The maximum absolute atomic E-state index is 12.1. The van der Waals surface area contributed by atoms with Crippen molar-refractivity contribution < 1.29 is 9.53 Å². The molecule has 0 aliphatic carbocycles. The van der Waals surface area contributed by atoms with E-state index >= 15 is 0 Å². The molecule has 6 heteroatoms. The number of hydrogen-bond acceptors (Lipinski definition) is 4. The van der Waals surface area contributed by atoms with E-state index in [2.05, 4.69) is 11.9 Å². The highest BCUT2D eigenvalue weighted by atomic mass is 35.5. The van der Waals surface area contributed by atoms with E-state index in [1.54, 1.807) is 12.1 Å². The fourth-order valence-corrected chi connectivity index (χ4v) is 3.16. The number of carbonyl (C=O) groups excluding carboxylic acids is 1. The number of ether oxygens (including phenoxy) is 1. The van der Waals surface area contributed by atoms with Crippen LogP contribution in [0.15, 0.2) is 30.9 Å². The number of rotatable bonds is 7. The highest BCUT2D eigenvalue weighted by molar-refractivity contribution is 7.21. The fourth-order valence-electron chi connectivity index (χ4n) is 1.84. The number of nitrogens with one attached hydrogen (secondary N) is 1. The van der Waals surface area contributed by atoms with Gasteiger partial charge in [0.2, 0.25) is 0 Å². The molecule has 0 spiro atoms. The van der Waals surface area contributed by atoms with Gasteiger partial charge in [-0.1, -0.05) is 17.7 Å². The van der Waals surface area contributed by atoms with E-state index in [-0.39, 0.29) is 5.91 Å². The summed E-state index contributed by atoms with van der Waals surface area (Å²) in [6, 6.07) is 5.41. The van der Waals surface area contributed by atoms with Crippen LogP contribution in [-0.2, 0) is 4.74 Å². The Balaban J connectivity index is 1.96. The molecule has 0 saturated carbocycles. The average Bonchev–Trinajstić information content (AvgIpc) is 2.79. The van der Waals surface area contributed by atoms with Gasteiger partial charge in [-0.2, -0.15) is 0 Å². The van der Waals surface area contributed by atoms with Crippen molar-refractivity contribution in [2.75, 3.05) is 25.5 Å². The summed E-state index contributed by atoms with van der Waals surface area (Å²) in [4.78, 5) is 12.6. The van der Waals surface area contributed by atoms with Crippen LogP contribution in [0.4, 0.5) is 5.69 Å². The van der Waals surface area contributed by atoms with E-state index < -0.39 is 0 Å². The van der Waals surface area contributed by atoms with Gasteiger partial charge < -0.3 is 15.8 Å². The van der Waals surface area contributed by atoms with Crippen molar-refractivity contribution >= 4 is 44.6 Å². The molecule has 112 valence electrons. The molecule has 0 bridgehead atoms. The number of halogens is 1. The van der Waals surface area contributed by atoms with Crippen LogP contribution < -0.4 is 11.1 Å². The third kappa shape index (κ3) is 3.97. The highest BCUT2D eigenvalue weighted by Gasteiger charge is 2.16. The predicted molar refractivity (Wildman–Crippen MR) is 89.2 cm³/mol. The summed E-state index contributed by atoms with van der Waals surface area (Å²) in [6.07, 6.45) is 2.60. The van der Waals surface area contributed by atoms with Gasteiger partial charge >= 0.3 is 0 Å². The Kier molecular flexibility index (Phi) is 5.61. The van der Waals surface area contributed by atoms with Gasteiger partial charge in [0.25, 0.3) is 5.91 Å². The summed E-state index contributed by atoms with van der Waals surface area (Å²) in [5.74, 6) is -0.183. The van der Waals surface area contributed by atoms with Crippen LogP contribution in [0.1, 0.15) is 16.1 Å². The maximum Gasteiger partial charge on any atom is 0.263 e. The van der Waals surface area contributed by atoms with E-state index in [1.165, 1.54) is 11.3 Å². The minimum atomic E-state index is -0.183. The van der Waals surface area contributed by atoms with Gasteiger partial charge in [0, 0.05) is 21.7 Å². The third-order valence-corrected chi connectivity index (χ3v) is 4.30. The number of fused-ring (bicyclic) bond motifs is 1. The van der Waals surface area contributed by atoms with Crippen molar-refractivity contribution in [1.29, 1.82) is 0 Å². The minimum absolute atomic E-state index is 0.183. The molecule has 2 rings (SSSR count). The molecule has 21 heavy (non-hydrogen) atoms. The van der Waals surface area contributed by atoms with Crippen molar-refractivity contribution in [3.05, 3.63) is 40.8 Å². The standard InChI is InChI=1S/C15H17ClN2O2S/c1-2-3-7-20-8-6-18-15(19)14-13(17)11-5-4-10(16)9-12(11)21-14/h2,4-5,9H,1,3,6-8,17H2,(H,18,19). The molecule has 0 atom stereocenters. The second kappa shape index (κ2) is 7.45. The molecule has 4 nitrogen and oxygen atoms in total. The SMILES string of the molecule is C=CCCOCCNC(=O)c1sc2cc(Cl)ccc2c1N. The molecule has 0 fully saturated rings. The van der Waals surface area contributed by atoms with Gasteiger partial charge in [0.05, 0.1) is 18.9 Å². The topological polar surface area (TPSA) is 64.3 Å². The molecule has 1 amide bonds.